The van der Waals surface area contributed by atoms with Crippen molar-refractivity contribution in [1.82, 2.24) is 0 Å². The average molecular weight is 227 g/mol. The van der Waals surface area contributed by atoms with Gasteiger partial charge in [0.05, 0.1) is 6.61 Å². The summed E-state index contributed by atoms with van der Waals surface area (Å²) in [6.07, 6.45) is 6.20. The Bertz CT molecular complexity index is 615. The van der Waals surface area contributed by atoms with Gasteiger partial charge in [-0.2, -0.15) is 0 Å². The van der Waals surface area contributed by atoms with E-state index >= 15 is 0 Å². The smallest absolute Gasteiger partial charge is 0.283 e. The van der Waals surface area contributed by atoms with Gasteiger partial charge in [-0.25, -0.2) is 0 Å². The molecule has 3 heteroatoms. The highest BCUT2D eigenvalue weighted by molar-refractivity contribution is 5.90. The molecule has 2 atom stereocenters. The molecule has 3 rings (SSSR count). The summed E-state index contributed by atoms with van der Waals surface area (Å²) in [4.78, 5) is 11.1. The van der Waals surface area contributed by atoms with Gasteiger partial charge in [0.25, 0.3) is 5.91 Å². The largest absolute Gasteiger partial charge is 0.488 e. The zero-order valence-corrected chi connectivity index (χ0v) is 9.30. The molecule has 0 saturated heterocycles. The van der Waals surface area contributed by atoms with Gasteiger partial charge in [0.2, 0.25) is 0 Å². The van der Waals surface area contributed by atoms with E-state index in [0.29, 0.717) is 12.5 Å². The molecular formula is C14H13NO2. The first-order chi connectivity index (χ1) is 8.24. The number of hydrogen-bond donors (Lipinski definition) is 1. The summed E-state index contributed by atoms with van der Waals surface area (Å²) >= 11 is 0. The Morgan fingerprint density at radius 2 is 1.88 bits per heavy atom. The Morgan fingerprint density at radius 1 is 1.18 bits per heavy atom. The summed E-state index contributed by atoms with van der Waals surface area (Å²) in [6, 6.07) is 8.21. The van der Waals surface area contributed by atoms with E-state index in [4.69, 9.17) is 10.5 Å². The monoisotopic (exact) mass is 227 g/mol. The Hall–Kier alpha value is -2.03. The number of ether oxygens (including phenoxy) is 1. The summed E-state index contributed by atoms with van der Waals surface area (Å²) in [5.74, 6) is 0.306. The summed E-state index contributed by atoms with van der Waals surface area (Å²) in [5, 5.41) is 2.43. The minimum Gasteiger partial charge on any atom is -0.488 e. The van der Waals surface area contributed by atoms with E-state index in [1.807, 2.05) is 18.2 Å². The molecule has 3 nitrogen and oxygen atoms in total. The van der Waals surface area contributed by atoms with E-state index in [9.17, 15) is 4.79 Å². The molecule has 2 aliphatic rings. The van der Waals surface area contributed by atoms with Gasteiger partial charge in [0.15, 0.2) is 5.76 Å². The second-order valence-electron chi connectivity index (χ2n) is 4.41. The lowest BCUT2D eigenvalue weighted by molar-refractivity contribution is -0.118. The average Bonchev–Trinajstić information content (AvgIpc) is 2.35. The van der Waals surface area contributed by atoms with Crippen molar-refractivity contribution in [2.24, 2.45) is 17.6 Å². The molecule has 1 heterocycles. The number of fused-ring (bicyclic) bond motifs is 2. The van der Waals surface area contributed by atoms with Crippen molar-refractivity contribution in [2.75, 3.05) is 6.61 Å². The third kappa shape index (κ3) is 1.73. The highest BCUT2D eigenvalue weighted by Crippen LogP contribution is 2.26. The molecule has 2 unspecified atom stereocenters. The summed E-state index contributed by atoms with van der Waals surface area (Å²) in [7, 11) is 0. The predicted molar refractivity (Wildman–Crippen MR) is 64.8 cm³/mol. The molecule has 2 N–H and O–H groups in total. The van der Waals surface area contributed by atoms with Crippen LogP contribution in [0.3, 0.4) is 0 Å². The SMILES string of the molecule is NC(=O)C1=CC2C=c3ccccc3=CC2CO1. The molecule has 0 fully saturated rings. The number of rotatable bonds is 1. The number of amides is 1. The Kier molecular flexibility index (Phi) is 2.25. The zero-order chi connectivity index (χ0) is 11.8. The zero-order valence-electron chi connectivity index (χ0n) is 9.30. The Morgan fingerprint density at radius 3 is 2.59 bits per heavy atom. The second-order valence-corrected chi connectivity index (χ2v) is 4.41. The maximum absolute atomic E-state index is 11.1. The lowest BCUT2D eigenvalue weighted by Crippen LogP contribution is -2.36. The van der Waals surface area contributed by atoms with Crippen molar-refractivity contribution >= 4 is 18.1 Å². The molecule has 0 radical (unpaired) electrons. The van der Waals surface area contributed by atoms with Gasteiger partial charge in [0, 0.05) is 11.8 Å². The third-order valence-electron chi connectivity index (χ3n) is 3.27. The van der Waals surface area contributed by atoms with Crippen LogP contribution in [-0.4, -0.2) is 12.5 Å². The van der Waals surface area contributed by atoms with E-state index < -0.39 is 5.91 Å². The maximum Gasteiger partial charge on any atom is 0.283 e. The van der Waals surface area contributed by atoms with Crippen LogP contribution in [0.15, 0.2) is 36.1 Å². The first-order valence-corrected chi connectivity index (χ1v) is 5.67. The number of benzene rings is 1. The number of allylic oxidation sites excluding steroid dienone is 1. The van der Waals surface area contributed by atoms with Crippen LogP contribution in [0.1, 0.15) is 0 Å². The van der Waals surface area contributed by atoms with E-state index in [0.717, 1.165) is 0 Å². The molecule has 86 valence electrons. The molecule has 0 bridgehead atoms. The molecule has 1 aromatic rings. The van der Waals surface area contributed by atoms with Gasteiger partial charge in [-0.1, -0.05) is 36.4 Å². The first-order valence-electron chi connectivity index (χ1n) is 5.67. The van der Waals surface area contributed by atoms with Crippen LogP contribution in [0.4, 0.5) is 0 Å². The van der Waals surface area contributed by atoms with Gasteiger partial charge in [-0.15, -0.1) is 0 Å². The number of carbonyl (C=O) groups is 1. The van der Waals surface area contributed by atoms with Crippen LogP contribution in [0, 0.1) is 11.8 Å². The van der Waals surface area contributed by atoms with E-state index in [1.165, 1.54) is 10.4 Å². The molecule has 0 saturated carbocycles. The Balaban J connectivity index is 2.09. The van der Waals surface area contributed by atoms with Gasteiger partial charge in [-0.3, -0.25) is 4.79 Å². The quantitative estimate of drug-likeness (QED) is 0.728. The van der Waals surface area contributed by atoms with E-state index in [1.54, 1.807) is 0 Å². The molecule has 1 aromatic carbocycles. The summed E-state index contributed by atoms with van der Waals surface area (Å²) < 4.78 is 5.36. The standard InChI is InChI=1S/C14H13NO2/c15-14(16)13-7-11-5-9-3-1-2-4-10(9)6-12(11)8-17-13/h1-7,11-12H,8H2,(H2,15,16). The van der Waals surface area contributed by atoms with Crippen LogP contribution in [-0.2, 0) is 9.53 Å². The molecule has 17 heavy (non-hydrogen) atoms. The molecule has 0 spiro atoms. The van der Waals surface area contributed by atoms with Crippen molar-refractivity contribution < 1.29 is 9.53 Å². The minimum atomic E-state index is -0.490. The normalized spacial score (nSPS) is 25.3. The molecule has 0 aromatic heterocycles. The fourth-order valence-electron chi connectivity index (χ4n) is 2.38. The summed E-state index contributed by atoms with van der Waals surface area (Å²) in [5.41, 5.74) is 5.23. The first kappa shape index (κ1) is 10.1. The maximum atomic E-state index is 11.1. The number of hydrogen-bond acceptors (Lipinski definition) is 2. The topological polar surface area (TPSA) is 52.3 Å². The Labute approximate surface area is 98.9 Å². The van der Waals surface area contributed by atoms with Crippen molar-refractivity contribution in [1.29, 1.82) is 0 Å². The van der Waals surface area contributed by atoms with Crippen LogP contribution in [0.25, 0.3) is 12.2 Å². The molecule has 1 aliphatic carbocycles. The van der Waals surface area contributed by atoms with E-state index in [-0.39, 0.29) is 11.7 Å². The lowest BCUT2D eigenvalue weighted by Gasteiger charge is -2.27. The van der Waals surface area contributed by atoms with Crippen LogP contribution >= 0.6 is 0 Å². The van der Waals surface area contributed by atoms with E-state index in [2.05, 4.69) is 24.3 Å². The van der Waals surface area contributed by atoms with Crippen LogP contribution in [0.5, 0.6) is 0 Å². The predicted octanol–water partition coefficient (Wildman–Crippen LogP) is -0.107. The fraction of sp³-hybridized carbons (Fsp3) is 0.214. The van der Waals surface area contributed by atoms with Crippen LogP contribution in [0.2, 0.25) is 0 Å². The van der Waals surface area contributed by atoms with Gasteiger partial charge >= 0.3 is 0 Å². The second kappa shape index (κ2) is 3.77. The molecule has 1 aliphatic heterocycles. The molecular weight excluding hydrogens is 214 g/mol. The van der Waals surface area contributed by atoms with Crippen molar-refractivity contribution in [3.8, 4) is 0 Å². The fourth-order valence-corrected chi connectivity index (χ4v) is 2.38. The van der Waals surface area contributed by atoms with Crippen LogP contribution < -0.4 is 16.2 Å². The van der Waals surface area contributed by atoms with Crippen molar-refractivity contribution in [2.45, 2.75) is 0 Å². The number of primary amides is 1. The summed E-state index contributed by atoms with van der Waals surface area (Å²) in [6.45, 7) is 0.518. The number of nitrogens with two attached hydrogens (primary N) is 1. The minimum absolute atomic E-state index is 0.209. The van der Waals surface area contributed by atoms with Crippen molar-refractivity contribution in [3.63, 3.8) is 0 Å². The highest BCUT2D eigenvalue weighted by atomic mass is 16.5. The lowest BCUT2D eigenvalue weighted by atomic mass is 9.85. The van der Waals surface area contributed by atoms with Gasteiger partial charge < -0.3 is 10.5 Å². The van der Waals surface area contributed by atoms with Crippen molar-refractivity contribution in [3.05, 3.63) is 46.5 Å². The van der Waals surface area contributed by atoms with Gasteiger partial charge in [0.1, 0.15) is 0 Å². The molecule has 1 amide bonds. The van der Waals surface area contributed by atoms with Gasteiger partial charge in [-0.05, 0) is 16.5 Å². The third-order valence-corrected chi connectivity index (χ3v) is 3.27. The number of carbonyl (C=O) groups excluding carboxylic acids is 1. The highest BCUT2D eigenvalue weighted by Gasteiger charge is 2.26.